The third-order valence-corrected chi connectivity index (χ3v) is 6.34. The summed E-state index contributed by atoms with van der Waals surface area (Å²) in [4.78, 5) is 29.2. The van der Waals surface area contributed by atoms with Gasteiger partial charge in [0, 0.05) is 24.3 Å². The molecule has 0 spiro atoms. The number of nitrogens with zero attached hydrogens (tertiary/aromatic N) is 2. The molecule has 1 unspecified atom stereocenters. The highest BCUT2D eigenvalue weighted by atomic mass is 32.1. The van der Waals surface area contributed by atoms with Gasteiger partial charge in [0.2, 0.25) is 0 Å². The van der Waals surface area contributed by atoms with Gasteiger partial charge in [0.1, 0.15) is 5.57 Å². The lowest BCUT2D eigenvalue weighted by atomic mass is 9.78. The SMILES string of the molecule is C=CCN1C(=O)/C(=C/c2cc3c(cc2C)N(CCC)C(C)(C)CC3C)C(=O)NC1=S. The number of amides is 2. The van der Waals surface area contributed by atoms with E-state index in [-0.39, 0.29) is 28.7 Å². The Balaban J connectivity index is 2.07. The Hall–Kier alpha value is -2.47. The third kappa shape index (κ3) is 3.93. The molecule has 160 valence electrons. The Morgan fingerprint density at radius 2 is 2.03 bits per heavy atom. The van der Waals surface area contributed by atoms with Crippen molar-refractivity contribution in [2.45, 2.75) is 58.9 Å². The van der Waals surface area contributed by atoms with Gasteiger partial charge < -0.3 is 4.90 Å². The van der Waals surface area contributed by atoms with Gasteiger partial charge in [-0.05, 0) is 86.6 Å². The van der Waals surface area contributed by atoms with E-state index in [1.807, 2.05) is 6.92 Å². The van der Waals surface area contributed by atoms with Crippen LogP contribution in [0.15, 0.2) is 30.4 Å². The van der Waals surface area contributed by atoms with E-state index in [0.29, 0.717) is 5.92 Å². The molecule has 1 fully saturated rings. The topological polar surface area (TPSA) is 52.7 Å². The van der Waals surface area contributed by atoms with Crippen LogP contribution in [0.4, 0.5) is 5.69 Å². The fraction of sp³-hybridized carbons (Fsp3) is 0.458. The summed E-state index contributed by atoms with van der Waals surface area (Å²) in [6.07, 6.45) is 5.42. The second kappa shape index (κ2) is 8.34. The molecule has 30 heavy (non-hydrogen) atoms. The molecule has 1 saturated heterocycles. The van der Waals surface area contributed by atoms with Crippen LogP contribution in [-0.2, 0) is 9.59 Å². The lowest BCUT2D eigenvalue weighted by Gasteiger charge is -2.48. The van der Waals surface area contributed by atoms with Crippen LogP contribution in [0.1, 0.15) is 63.1 Å². The highest BCUT2D eigenvalue weighted by molar-refractivity contribution is 7.80. The minimum absolute atomic E-state index is 0.0922. The summed E-state index contributed by atoms with van der Waals surface area (Å²) >= 11 is 5.14. The standard InChI is InChI=1S/C24H31N3O2S/c1-7-9-26-22(29)19(21(28)25-23(26)30)13-17-12-18-16(4)14-24(5,6)27(10-8-2)20(18)11-15(17)3/h7,11-13,16H,1,8-10,14H2,2-6H3,(H,25,28,30)/b19-13+. The van der Waals surface area contributed by atoms with E-state index >= 15 is 0 Å². The summed E-state index contributed by atoms with van der Waals surface area (Å²) in [5.41, 5.74) is 4.65. The molecule has 1 N–H and O–H groups in total. The molecule has 1 aromatic carbocycles. The normalized spacial score (nSPS) is 22.2. The van der Waals surface area contributed by atoms with E-state index in [4.69, 9.17) is 12.2 Å². The van der Waals surface area contributed by atoms with Gasteiger partial charge in [-0.3, -0.25) is 19.8 Å². The molecule has 1 aromatic rings. The average molecular weight is 426 g/mol. The van der Waals surface area contributed by atoms with Gasteiger partial charge in [0.05, 0.1) is 0 Å². The smallest absolute Gasteiger partial charge is 0.265 e. The van der Waals surface area contributed by atoms with Crippen LogP contribution in [0.3, 0.4) is 0 Å². The molecule has 2 heterocycles. The molecule has 3 rings (SSSR count). The van der Waals surface area contributed by atoms with E-state index in [9.17, 15) is 9.59 Å². The zero-order valence-electron chi connectivity index (χ0n) is 18.5. The molecule has 5 nitrogen and oxygen atoms in total. The van der Waals surface area contributed by atoms with Crippen LogP contribution >= 0.6 is 12.2 Å². The fourth-order valence-electron chi connectivity index (χ4n) is 4.60. The number of fused-ring (bicyclic) bond motifs is 1. The van der Waals surface area contributed by atoms with Crippen molar-refractivity contribution in [2.75, 3.05) is 18.0 Å². The first-order valence-corrected chi connectivity index (χ1v) is 10.9. The summed E-state index contributed by atoms with van der Waals surface area (Å²) in [7, 11) is 0. The summed E-state index contributed by atoms with van der Waals surface area (Å²) in [5, 5.41) is 2.73. The number of nitrogens with one attached hydrogen (secondary N) is 1. The van der Waals surface area contributed by atoms with Crippen LogP contribution in [-0.4, -0.2) is 40.5 Å². The van der Waals surface area contributed by atoms with Crippen LogP contribution < -0.4 is 10.2 Å². The first-order valence-electron chi connectivity index (χ1n) is 10.5. The van der Waals surface area contributed by atoms with Crippen molar-refractivity contribution < 1.29 is 9.59 Å². The molecule has 0 aliphatic carbocycles. The predicted molar refractivity (Wildman–Crippen MR) is 127 cm³/mol. The molecule has 1 atom stereocenters. The third-order valence-electron chi connectivity index (χ3n) is 6.02. The molecule has 6 heteroatoms. The number of thiocarbonyl (C=S) groups is 1. The quantitative estimate of drug-likeness (QED) is 0.331. The summed E-state index contributed by atoms with van der Waals surface area (Å²) in [5.74, 6) is -0.451. The Morgan fingerprint density at radius 1 is 1.33 bits per heavy atom. The van der Waals surface area contributed by atoms with Crippen molar-refractivity contribution in [3.05, 3.63) is 47.1 Å². The zero-order valence-corrected chi connectivity index (χ0v) is 19.4. The number of anilines is 1. The Kier molecular flexibility index (Phi) is 6.18. The minimum Gasteiger partial charge on any atom is -0.366 e. The van der Waals surface area contributed by atoms with Crippen LogP contribution in [0.2, 0.25) is 0 Å². The number of aryl methyl sites for hydroxylation is 1. The average Bonchev–Trinajstić information content (AvgIpc) is 2.65. The first kappa shape index (κ1) is 22.2. The van der Waals surface area contributed by atoms with Crippen molar-refractivity contribution >= 4 is 40.9 Å². The number of hydrogen-bond acceptors (Lipinski definition) is 4. The maximum Gasteiger partial charge on any atom is 0.265 e. The number of carbonyl (C=O) groups is 2. The van der Waals surface area contributed by atoms with Crippen molar-refractivity contribution in [3.63, 3.8) is 0 Å². The molecule has 0 saturated carbocycles. The lowest BCUT2D eigenvalue weighted by molar-refractivity contribution is -0.128. The lowest BCUT2D eigenvalue weighted by Crippen LogP contribution is -2.53. The number of hydrogen-bond donors (Lipinski definition) is 1. The number of benzene rings is 1. The molecular formula is C24H31N3O2S. The molecule has 2 aliphatic rings. The van der Waals surface area contributed by atoms with E-state index in [0.717, 1.165) is 30.5 Å². The Labute approximate surface area is 184 Å². The molecule has 2 aliphatic heterocycles. The number of carbonyl (C=O) groups excluding carboxylic acids is 2. The van der Waals surface area contributed by atoms with Crippen molar-refractivity contribution in [2.24, 2.45) is 0 Å². The van der Waals surface area contributed by atoms with E-state index in [1.54, 1.807) is 12.2 Å². The van der Waals surface area contributed by atoms with Crippen molar-refractivity contribution in [3.8, 4) is 0 Å². The Morgan fingerprint density at radius 3 is 2.67 bits per heavy atom. The Bertz CT molecular complexity index is 948. The van der Waals surface area contributed by atoms with Gasteiger partial charge in [0.25, 0.3) is 11.8 Å². The maximum atomic E-state index is 12.9. The molecule has 0 radical (unpaired) electrons. The summed E-state index contributed by atoms with van der Waals surface area (Å²) in [6.45, 7) is 16.0. The van der Waals surface area contributed by atoms with Crippen LogP contribution in [0.25, 0.3) is 6.08 Å². The first-order chi connectivity index (χ1) is 14.1. The predicted octanol–water partition coefficient (Wildman–Crippen LogP) is 4.31. The summed E-state index contributed by atoms with van der Waals surface area (Å²) in [6, 6.07) is 4.34. The van der Waals surface area contributed by atoms with Crippen molar-refractivity contribution in [1.82, 2.24) is 10.2 Å². The maximum absolute atomic E-state index is 12.9. The summed E-state index contributed by atoms with van der Waals surface area (Å²) < 4.78 is 0. The molecule has 0 bridgehead atoms. The van der Waals surface area contributed by atoms with E-state index in [1.165, 1.54) is 16.2 Å². The van der Waals surface area contributed by atoms with Crippen LogP contribution in [0.5, 0.6) is 0 Å². The van der Waals surface area contributed by atoms with Crippen molar-refractivity contribution in [1.29, 1.82) is 0 Å². The monoisotopic (exact) mass is 425 g/mol. The zero-order chi connectivity index (χ0) is 22.2. The fourth-order valence-corrected chi connectivity index (χ4v) is 4.85. The van der Waals surface area contributed by atoms with Gasteiger partial charge in [-0.1, -0.05) is 19.9 Å². The van der Waals surface area contributed by atoms with Gasteiger partial charge >= 0.3 is 0 Å². The van der Waals surface area contributed by atoms with Gasteiger partial charge in [-0.25, -0.2) is 0 Å². The van der Waals surface area contributed by atoms with Gasteiger partial charge in [-0.15, -0.1) is 6.58 Å². The van der Waals surface area contributed by atoms with Gasteiger partial charge in [0.15, 0.2) is 5.11 Å². The minimum atomic E-state index is -0.454. The molecule has 2 amide bonds. The van der Waals surface area contributed by atoms with Gasteiger partial charge in [-0.2, -0.15) is 0 Å². The number of rotatable bonds is 5. The molecule has 0 aromatic heterocycles. The highest BCUT2D eigenvalue weighted by Gasteiger charge is 2.37. The second-order valence-corrected chi connectivity index (χ2v) is 9.25. The molecular weight excluding hydrogens is 394 g/mol. The second-order valence-electron chi connectivity index (χ2n) is 8.86. The van der Waals surface area contributed by atoms with Crippen LogP contribution in [0, 0.1) is 6.92 Å². The highest BCUT2D eigenvalue weighted by Crippen LogP contribution is 2.44. The van der Waals surface area contributed by atoms with E-state index in [2.05, 4.69) is 56.6 Å². The van der Waals surface area contributed by atoms with E-state index < -0.39 is 5.91 Å². The largest absolute Gasteiger partial charge is 0.366 e.